The first-order valence-corrected chi connectivity index (χ1v) is 17.5. The second-order valence-electron chi connectivity index (χ2n) is 12.5. The topological polar surface area (TPSA) is 76.9 Å². The summed E-state index contributed by atoms with van der Waals surface area (Å²) in [5, 5.41) is 8.70. The largest absolute Gasteiger partial charge is 0.543 e. The van der Waals surface area contributed by atoms with Crippen LogP contribution in [0.5, 0.6) is 5.75 Å². The van der Waals surface area contributed by atoms with E-state index in [1.165, 1.54) is 12.8 Å². The molecule has 0 spiro atoms. The molecule has 0 bridgehead atoms. The van der Waals surface area contributed by atoms with Crippen molar-refractivity contribution < 1.29 is 4.43 Å². The lowest BCUT2D eigenvalue weighted by Gasteiger charge is -2.36. The van der Waals surface area contributed by atoms with Crippen molar-refractivity contribution in [2.24, 2.45) is 10.7 Å². The first kappa shape index (κ1) is 28.0. The molecular weight excluding hydrogens is 510 g/mol. The molecule has 3 N–H and O–H groups in total. The average Bonchev–Trinajstić information content (AvgIpc) is 3.59. The standard InChI is InChI=1S/C33H43N5OSi/c1-7-23-19-27(39-40(5,6)33(2,3)4)17-18-29(23)37-32(34)28-21-35-38-22-25(24-13-9-8-10-14-24)20-30(38)31(28)36-26-15-11-12-16-26/h8-10,13-14,17-22,26,36H,7,11-12,15-16H2,1-6H3,(H2,34,37). The summed E-state index contributed by atoms with van der Waals surface area (Å²) in [6.45, 7) is 13.5. The maximum atomic E-state index is 6.77. The molecule has 7 heteroatoms. The van der Waals surface area contributed by atoms with Gasteiger partial charge in [-0.25, -0.2) is 9.51 Å². The minimum atomic E-state index is -1.94. The number of aryl methyl sites for hydroxylation is 1. The van der Waals surface area contributed by atoms with E-state index in [-0.39, 0.29) is 5.04 Å². The molecule has 0 radical (unpaired) electrons. The maximum Gasteiger partial charge on any atom is 0.250 e. The zero-order valence-electron chi connectivity index (χ0n) is 24.8. The number of nitrogens with two attached hydrogens (primary N) is 1. The Morgan fingerprint density at radius 1 is 1.07 bits per heavy atom. The van der Waals surface area contributed by atoms with Crippen LogP contribution >= 0.6 is 0 Å². The van der Waals surface area contributed by atoms with E-state index in [0.29, 0.717) is 11.9 Å². The molecule has 2 heterocycles. The Hall–Kier alpha value is -3.58. The summed E-state index contributed by atoms with van der Waals surface area (Å²) >= 11 is 0. The number of anilines is 1. The monoisotopic (exact) mass is 553 g/mol. The van der Waals surface area contributed by atoms with E-state index in [0.717, 1.165) is 64.2 Å². The second-order valence-corrected chi connectivity index (χ2v) is 17.2. The van der Waals surface area contributed by atoms with Crippen molar-refractivity contribution in [1.82, 2.24) is 9.61 Å². The van der Waals surface area contributed by atoms with E-state index in [1.54, 1.807) is 0 Å². The molecule has 2 aromatic heterocycles. The van der Waals surface area contributed by atoms with Crippen LogP contribution in [0.15, 0.2) is 72.0 Å². The highest BCUT2D eigenvalue weighted by Gasteiger charge is 2.39. The fraction of sp³-hybridized carbons (Fsp3) is 0.394. The lowest BCUT2D eigenvalue weighted by atomic mass is 10.1. The first-order chi connectivity index (χ1) is 19.1. The Kier molecular flexibility index (Phi) is 7.78. The summed E-state index contributed by atoms with van der Waals surface area (Å²) in [5.74, 6) is 1.37. The minimum absolute atomic E-state index is 0.133. The van der Waals surface area contributed by atoms with Gasteiger partial charge in [-0.15, -0.1) is 0 Å². The average molecular weight is 554 g/mol. The van der Waals surface area contributed by atoms with Crippen molar-refractivity contribution >= 4 is 31.0 Å². The Balaban J connectivity index is 1.53. The predicted octanol–water partition coefficient (Wildman–Crippen LogP) is 8.34. The predicted molar refractivity (Wildman–Crippen MR) is 171 cm³/mol. The number of aliphatic imine (C=N–C) groups is 1. The minimum Gasteiger partial charge on any atom is -0.543 e. The number of hydrogen-bond acceptors (Lipinski definition) is 4. The molecular formula is C33H43N5OSi. The fourth-order valence-electron chi connectivity index (χ4n) is 5.12. The van der Waals surface area contributed by atoms with E-state index >= 15 is 0 Å². The van der Waals surface area contributed by atoms with Crippen LogP contribution in [0.4, 0.5) is 11.4 Å². The van der Waals surface area contributed by atoms with E-state index in [4.69, 9.17) is 20.3 Å². The summed E-state index contributed by atoms with van der Waals surface area (Å²) in [7, 11) is -1.94. The van der Waals surface area contributed by atoms with Crippen LogP contribution in [0, 0.1) is 0 Å². The quantitative estimate of drug-likeness (QED) is 0.131. The van der Waals surface area contributed by atoms with Crippen molar-refractivity contribution in [2.75, 3.05) is 5.32 Å². The van der Waals surface area contributed by atoms with Gasteiger partial charge < -0.3 is 15.5 Å². The van der Waals surface area contributed by atoms with Gasteiger partial charge in [0.05, 0.1) is 28.7 Å². The molecule has 6 nitrogen and oxygen atoms in total. The summed E-state index contributed by atoms with van der Waals surface area (Å²) in [6, 6.07) is 19.2. The zero-order valence-corrected chi connectivity index (χ0v) is 25.8. The van der Waals surface area contributed by atoms with E-state index in [1.807, 2.05) is 28.9 Å². The zero-order chi connectivity index (χ0) is 28.5. The van der Waals surface area contributed by atoms with Crippen LogP contribution < -0.4 is 15.5 Å². The Labute approximate surface area is 239 Å². The van der Waals surface area contributed by atoms with Crippen LogP contribution in [0.1, 0.15) is 64.5 Å². The third-order valence-electron chi connectivity index (χ3n) is 8.58. The van der Waals surface area contributed by atoms with Gasteiger partial charge in [0.25, 0.3) is 0 Å². The van der Waals surface area contributed by atoms with Gasteiger partial charge in [0.1, 0.15) is 11.6 Å². The van der Waals surface area contributed by atoms with Crippen LogP contribution in [0.2, 0.25) is 18.1 Å². The van der Waals surface area contributed by atoms with Gasteiger partial charge >= 0.3 is 0 Å². The highest BCUT2D eigenvalue weighted by atomic mass is 28.4. The van der Waals surface area contributed by atoms with Gasteiger partial charge in [0.2, 0.25) is 8.32 Å². The molecule has 5 rings (SSSR count). The number of nitrogens with one attached hydrogen (secondary N) is 1. The second kappa shape index (κ2) is 11.1. The molecule has 2 aromatic carbocycles. The van der Waals surface area contributed by atoms with E-state index in [9.17, 15) is 0 Å². The van der Waals surface area contributed by atoms with Crippen LogP contribution in [0.3, 0.4) is 0 Å². The molecule has 0 aliphatic heterocycles. The Bertz CT molecular complexity index is 1510. The van der Waals surface area contributed by atoms with E-state index < -0.39 is 8.32 Å². The molecule has 0 atom stereocenters. The lowest BCUT2D eigenvalue weighted by molar-refractivity contribution is 0.492. The number of fused-ring (bicyclic) bond motifs is 1. The molecule has 1 aliphatic carbocycles. The van der Waals surface area contributed by atoms with Gasteiger partial charge in [0, 0.05) is 17.8 Å². The molecule has 1 saturated carbocycles. The van der Waals surface area contributed by atoms with Crippen LogP contribution in [-0.4, -0.2) is 29.8 Å². The fourth-order valence-corrected chi connectivity index (χ4v) is 6.14. The van der Waals surface area contributed by atoms with Crippen molar-refractivity contribution in [1.29, 1.82) is 0 Å². The molecule has 40 heavy (non-hydrogen) atoms. The van der Waals surface area contributed by atoms with Crippen molar-refractivity contribution in [3.05, 3.63) is 78.1 Å². The van der Waals surface area contributed by atoms with Gasteiger partial charge in [-0.3, -0.25) is 0 Å². The van der Waals surface area contributed by atoms with Gasteiger partial charge in [0.15, 0.2) is 0 Å². The molecule has 0 saturated heterocycles. The van der Waals surface area contributed by atoms with Crippen molar-refractivity contribution in [3.63, 3.8) is 0 Å². The molecule has 4 aromatic rings. The highest BCUT2D eigenvalue weighted by molar-refractivity contribution is 6.74. The normalized spacial score (nSPS) is 15.1. The maximum absolute atomic E-state index is 6.77. The van der Waals surface area contributed by atoms with Crippen molar-refractivity contribution in [2.45, 2.75) is 84.0 Å². The van der Waals surface area contributed by atoms with E-state index in [2.05, 4.69) is 88.7 Å². The smallest absolute Gasteiger partial charge is 0.250 e. The molecule has 1 aliphatic rings. The first-order valence-electron chi connectivity index (χ1n) is 14.6. The number of amidine groups is 1. The number of nitrogens with zero attached hydrogens (tertiary/aromatic N) is 3. The summed E-state index contributed by atoms with van der Waals surface area (Å²) in [6.07, 6.45) is 9.58. The molecule has 0 unspecified atom stereocenters. The van der Waals surface area contributed by atoms with Crippen molar-refractivity contribution in [3.8, 4) is 16.9 Å². The number of rotatable bonds is 8. The Morgan fingerprint density at radius 3 is 2.48 bits per heavy atom. The molecule has 0 amide bonds. The van der Waals surface area contributed by atoms with Crippen LogP contribution in [0.25, 0.3) is 16.6 Å². The number of hydrogen-bond donors (Lipinski definition) is 2. The summed E-state index contributed by atoms with van der Waals surface area (Å²) < 4.78 is 8.52. The lowest BCUT2D eigenvalue weighted by Crippen LogP contribution is -2.43. The number of aromatic nitrogens is 2. The number of benzene rings is 2. The Morgan fingerprint density at radius 2 is 1.80 bits per heavy atom. The molecule has 1 fully saturated rings. The third-order valence-corrected chi connectivity index (χ3v) is 12.9. The third kappa shape index (κ3) is 5.80. The van der Waals surface area contributed by atoms with Crippen LogP contribution in [-0.2, 0) is 6.42 Å². The molecule has 210 valence electrons. The van der Waals surface area contributed by atoms with Gasteiger partial charge in [-0.2, -0.15) is 5.10 Å². The SMILES string of the molecule is CCc1cc(O[Si](C)(C)C(C)(C)C)ccc1/N=C(\N)c1cnn2cc(-c3ccccc3)cc2c1NC1CCCC1. The van der Waals surface area contributed by atoms with Gasteiger partial charge in [-0.1, -0.05) is 70.9 Å². The summed E-state index contributed by atoms with van der Waals surface area (Å²) in [4.78, 5) is 4.95. The van der Waals surface area contributed by atoms with Gasteiger partial charge in [-0.05, 0) is 72.8 Å². The highest BCUT2D eigenvalue weighted by Crippen LogP contribution is 2.38. The summed E-state index contributed by atoms with van der Waals surface area (Å²) in [5.41, 5.74) is 13.9.